The van der Waals surface area contributed by atoms with Crippen molar-refractivity contribution in [3.63, 3.8) is 0 Å². The van der Waals surface area contributed by atoms with Gasteiger partial charge in [0, 0.05) is 19.2 Å². The monoisotopic (exact) mass is 455 g/mol. The molecule has 4 rings (SSSR count). The molecule has 1 atom stereocenters. The fraction of sp³-hybridized carbons (Fsp3) is 0.391. The van der Waals surface area contributed by atoms with Crippen LogP contribution in [0.25, 0.3) is 0 Å². The van der Waals surface area contributed by atoms with Gasteiger partial charge in [0.1, 0.15) is 6.04 Å². The minimum absolute atomic E-state index is 0.00268. The van der Waals surface area contributed by atoms with Crippen LogP contribution in [0.15, 0.2) is 47.4 Å². The summed E-state index contributed by atoms with van der Waals surface area (Å²) in [5.74, 6) is 0.562. The van der Waals surface area contributed by atoms with Crippen LogP contribution >= 0.6 is 0 Å². The Bertz CT molecular complexity index is 1140. The molecule has 0 radical (unpaired) electrons. The molecular weight excluding hydrogens is 430 g/mol. The topological polar surface area (TPSA) is 109 Å². The minimum atomic E-state index is -4.00. The molecule has 32 heavy (non-hydrogen) atoms. The van der Waals surface area contributed by atoms with E-state index in [1.54, 1.807) is 42.3 Å². The van der Waals surface area contributed by atoms with Gasteiger partial charge in [-0.2, -0.15) is 9.98 Å². The number of carbonyl (C=O) groups excluding carboxylic acids is 1. The summed E-state index contributed by atoms with van der Waals surface area (Å²) in [7, 11) is -2.27. The summed E-state index contributed by atoms with van der Waals surface area (Å²) < 4.78 is 39.5. The number of likely N-dealkylation sites (N-methyl/N-ethyl adjacent to an activating group) is 1. The van der Waals surface area contributed by atoms with Gasteiger partial charge in [0.25, 0.3) is 0 Å². The van der Waals surface area contributed by atoms with Crippen LogP contribution in [0.1, 0.15) is 36.8 Å². The molecule has 2 aliphatic rings. The summed E-state index contributed by atoms with van der Waals surface area (Å²) in [4.78, 5) is 15.0. The summed E-state index contributed by atoms with van der Waals surface area (Å²) >= 11 is 0. The number of fused-ring (bicyclic) bond motifs is 1. The number of hydrogen-bond acceptors (Lipinski definition) is 6. The fourth-order valence-corrected chi connectivity index (χ4v) is 5.35. The van der Waals surface area contributed by atoms with Gasteiger partial charge in [-0.25, -0.2) is 8.42 Å². The van der Waals surface area contributed by atoms with Crippen LogP contribution in [-0.2, 0) is 21.2 Å². The molecule has 1 aliphatic heterocycles. The molecular formula is C23H25N3O5S. The molecule has 0 unspecified atom stereocenters. The Morgan fingerprint density at radius 2 is 1.84 bits per heavy atom. The second kappa shape index (κ2) is 9.18. The molecule has 1 fully saturated rings. The molecule has 1 aliphatic carbocycles. The van der Waals surface area contributed by atoms with Crippen LogP contribution in [0.5, 0.6) is 11.5 Å². The van der Waals surface area contributed by atoms with E-state index in [4.69, 9.17) is 14.7 Å². The van der Waals surface area contributed by atoms with Crippen molar-refractivity contribution in [2.75, 3.05) is 13.8 Å². The van der Waals surface area contributed by atoms with Crippen molar-refractivity contribution in [1.29, 1.82) is 5.26 Å². The third-order valence-electron chi connectivity index (χ3n) is 5.99. The van der Waals surface area contributed by atoms with Gasteiger partial charge in [-0.3, -0.25) is 4.79 Å². The van der Waals surface area contributed by atoms with E-state index >= 15 is 0 Å². The molecule has 0 aromatic heterocycles. The SMILES string of the molecule is CN(C(=O)[C@H](Cc1ccc(C#N)cc1)NS(=O)(=O)c1ccc2c(c1)OCO2)C1CCCC1. The molecule has 1 heterocycles. The lowest BCUT2D eigenvalue weighted by molar-refractivity contribution is -0.133. The first-order valence-electron chi connectivity index (χ1n) is 10.5. The standard InChI is InChI=1S/C23H25N3O5S/c1-26(18-4-2-3-5-18)23(27)20(12-16-6-8-17(14-24)9-7-16)25-32(28,29)19-10-11-21-22(13-19)31-15-30-21/h6-11,13,18,20,25H,2-5,12,15H2,1H3/t20-/m0/s1. The molecule has 2 aromatic rings. The fourth-order valence-electron chi connectivity index (χ4n) is 4.15. The molecule has 0 bridgehead atoms. The zero-order chi connectivity index (χ0) is 22.7. The van der Waals surface area contributed by atoms with Gasteiger partial charge < -0.3 is 14.4 Å². The highest BCUT2D eigenvalue weighted by atomic mass is 32.2. The van der Waals surface area contributed by atoms with Gasteiger partial charge >= 0.3 is 0 Å². The van der Waals surface area contributed by atoms with Crippen molar-refractivity contribution in [2.45, 2.75) is 49.1 Å². The summed E-state index contributed by atoms with van der Waals surface area (Å²) in [5, 5.41) is 9.02. The lowest BCUT2D eigenvalue weighted by Gasteiger charge is -2.29. The highest BCUT2D eigenvalue weighted by molar-refractivity contribution is 7.89. The zero-order valence-corrected chi connectivity index (χ0v) is 18.6. The second-order valence-corrected chi connectivity index (χ2v) is 9.80. The number of benzene rings is 2. The zero-order valence-electron chi connectivity index (χ0n) is 17.8. The molecule has 8 nitrogen and oxygen atoms in total. The minimum Gasteiger partial charge on any atom is -0.454 e. The largest absolute Gasteiger partial charge is 0.454 e. The quantitative estimate of drug-likeness (QED) is 0.687. The van der Waals surface area contributed by atoms with Gasteiger partial charge in [-0.1, -0.05) is 25.0 Å². The van der Waals surface area contributed by atoms with Gasteiger partial charge in [-0.05, 0) is 49.1 Å². The van der Waals surface area contributed by atoms with Crippen LogP contribution in [0, 0.1) is 11.3 Å². The maximum absolute atomic E-state index is 13.4. The van der Waals surface area contributed by atoms with E-state index in [-0.39, 0.29) is 30.1 Å². The van der Waals surface area contributed by atoms with Crippen molar-refractivity contribution in [3.05, 3.63) is 53.6 Å². The Hall–Kier alpha value is -3.09. The number of rotatable bonds is 7. The molecule has 1 N–H and O–H groups in total. The number of ether oxygens (including phenoxy) is 2. The van der Waals surface area contributed by atoms with Gasteiger partial charge in [-0.15, -0.1) is 0 Å². The van der Waals surface area contributed by atoms with E-state index < -0.39 is 16.1 Å². The maximum Gasteiger partial charge on any atom is 0.241 e. The number of amides is 1. The van der Waals surface area contributed by atoms with E-state index in [1.807, 2.05) is 0 Å². The van der Waals surface area contributed by atoms with E-state index in [0.29, 0.717) is 17.1 Å². The number of nitrogens with one attached hydrogen (secondary N) is 1. The van der Waals surface area contributed by atoms with Crippen LogP contribution in [-0.4, -0.2) is 45.1 Å². The predicted molar refractivity (Wildman–Crippen MR) is 117 cm³/mol. The number of hydrogen-bond donors (Lipinski definition) is 1. The Morgan fingerprint density at radius 3 is 2.53 bits per heavy atom. The second-order valence-electron chi connectivity index (χ2n) is 8.09. The average Bonchev–Trinajstić information content (AvgIpc) is 3.49. The van der Waals surface area contributed by atoms with Crippen LogP contribution in [0.2, 0.25) is 0 Å². The normalized spacial score (nSPS) is 16.5. The Morgan fingerprint density at radius 1 is 1.16 bits per heavy atom. The number of nitrogens with zero attached hydrogens (tertiary/aromatic N) is 2. The molecule has 9 heteroatoms. The van der Waals surface area contributed by atoms with Gasteiger partial charge in [0.05, 0.1) is 16.5 Å². The summed E-state index contributed by atoms with van der Waals surface area (Å²) in [5.41, 5.74) is 1.26. The Labute approximate surface area is 187 Å². The van der Waals surface area contributed by atoms with Crippen molar-refractivity contribution >= 4 is 15.9 Å². The number of sulfonamides is 1. The first-order valence-corrected chi connectivity index (χ1v) is 12.0. The highest BCUT2D eigenvalue weighted by Crippen LogP contribution is 2.34. The maximum atomic E-state index is 13.4. The summed E-state index contributed by atoms with van der Waals surface area (Å²) in [6.07, 6.45) is 4.13. The summed E-state index contributed by atoms with van der Waals surface area (Å²) in [6, 6.07) is 12.3. The van der Waals surface area contributed by atoms with Crippen molar-refractivity contribution < 1.29 is 22.7 Å². The van der Waals surface area contributed by atoms with E-state index in [1.165, 1.54) is 12.1 Å². The van der Waals surface area contributed by atoms with Crippen LogP contribution < -0.4 is 14.2 Å². The Balaban J connectivity index is 1.59. The average molecular weight is 456 g/mol. The summed E-state index contributed by atoms with van der Waals surface area (Å²) in [6.45, 7) is 0.0399. The number of nitriles is 1. The molecule has 168 valence electrons. The van der Waals surface area contributed by atoms with E-state index in [9.17, 15) is 13.2 Å². The molecule has 0 saturated heterocycles. The van der Waals surface area contributed by atoms with E-state index in [0.717, 1.165) is 31.2 Å². The molecule has 0 spiro atoms. The van der Waals surface area contributed by atoms with Gasteiger partial charge in [0.15, 0.2) is 11.5 Å². The van der Waals surface area contributed by atoms with Crippen molar-refractivity contribution in [3.8, 4) is 17.6 Å². The van der Waals surface area contributed by atoms with Crippen LogP contribution in [0.4, 0.5) is 0 Å². The number of carbonyl (C=O) groups is 1. The van der Waals surface area contributed by atoms with Gasteiger partial charge in [0.2, 0.25) is 22.7 Å². The third-order valence-corrected chi connectivity index (χ3v) is 7.46. The predicted octanol–water partition coefficient (Wildman–Crippen LogP) is 2.58. The molecule has 1 amide bonds. The van der Waals surface area contributed by atoms with Crippen molar-refractivity contribution in [1.82, 2.24) is 9.62 Å². The smallest absolute Gasteiger partial charge is 0.241 e. The lowest BCUT2D eigenvalue weighted by atomic mass is 10.0. The Kier molecular flexibility index (Phi) is 6.35. The highest BCUT2D eigenvalue weighted by Gasteiger charge is 2.32. The molecule has 1 saturated carbocycles. The first kappa shape index (κ1) is 22.1. The lowest BCUT2D eigenvalue weighted by Crippen LogP contribution is -2.50. The van der Waals surface area contributed by atoms with Crippen LogP contribution in [0.3, 0.4) is 0 Å². The third kappa shape index (κ3) is 4.71. The molecule has 2 aromatic carbocycles. The van der Waals surface area contributed by atoms with Crippen molar-refractivity contribution in [2.24, 2.45) is 0 Å². The van der Waals surface area contributed by atoms with E-state index in [2.05, 4.69) is 10.8 Å². The first-order chi connectivity index (χ1) is 15.4.